The van der Waals surface area contributed by atoms with Gasteiger partial charge in [-0.3, -0.25) is 0 Å². The molecule has 1 aliphatic heterocycles. The second-order valence-corrected chi connectivity index (χ2v) is 4.97. The molecule has 1 aliphatic rings. The molecular formula is C15H18O8. The van der Waals surface area contributed by atoms with Crippen molar-refractivity contribution in [1.82, 2.24) is 0 Å². The van der Waals surface area contributed by atoms with Gasteiger partial charge in [-0.05, 0) is 23.7 Å². The zero-order valence-electron chi connectivity index (χ0n) is 12.9. The van der Waals surface area contributed by atoms with Crippen molar-refractivity contribution in [3.8, 4) is 5.75 Å². The molecule has 1 aromatic carbocycles. The number of aromatic hydroxyl groups is 1. The minimum absolute atomic E-state index is 0.00967. The Bertz CT molecular complexity index is 600. The zero-order chi connectivity index (χ0) is 17.9. The minimum Gasteiger partial charge on any atom is -0.508 e. The van der Waals surface area contributed by atoms with E-state index in [2.05, 4.69) is 0 Å². The average Bonchev–Trinajstić information content (AvgIpc) is 2.55. The van der Waals surface area contributed by atoms with E-state index in [-0.39, 0.29) is 11.8 Å². The molecule has 0 saturated carbocycles. The maximum absolute atomic E-state index is 11.8. The summed E-state index contributed by atoms with van der Waals surface area (Å²) in [6, 6.07) is 5.34. The summed E-state index contributed by atoms with van der Waals surface area (Å²) >= 11 is 0. The first kappa shape index (κ1) is 15.9. The number of ether oxygens (including phenoxy) is 2. The average molecular weight is 327 g/mol. The van der Waals surface area contributed by atoms with Crippen molar-refractivity contribution >= 4 is 12.0 Å². The minimum atomic E-state index is -1.71. The lowest BCUT2D eigenvalue weighted by Crippen LogP contribution is -2.59. The van der Waals surface area contributed by atoms with Gasteiger partial charge >= 0.3 is 5.97 Å². The van der Waals surface area contributed by atoms with Gasteiger partial charge in [0.05, 0.1) is 7.98 Å². The van der Waals surface area contributed by atoms with Crippen LogP contribution < -0.4 is 0 Å². The summed E-state index contributed by atoms with van der Waals surface area (Å²) in [7, 11) is 0. The number of aliphatic hydroxyl groups is 4. The Balaban J connectivity index is 2.05. The Morgan fingerprint density at radius 1 is 1.22 bits per heavy atom. The molecule has 1 aromatic rings. The number of hydrogen-bond donors (Lipinski definition) is 5. The third kappa shape index (κ3) is 4.27. The van der Waals surface area contributed by atoms with E-state index >= 15 is 0 Å². The van der Waals surface area contributed by atoms with Crippen LogP contribution in [0.3, 0.4) is 0 Å². The zero-order valence-corrected chi connectivity index (χ0v) is 11.9. The molecule has 1 fully saturated rings. The van der Waals surface area contributed by atoms with E-state index in [1.807, 2.05) is 0 Å². The summed E-state index contributed by atoms with van der Waals surface area (Å²) in [6.07, 6.45) is -6.89. The summed E-state index contributed by atoms with van der Waals surface area (Å²) in [6.45, 7) is -0.647. The molecule has 2 rings (SSSR count). The fourth-order valence-electron chi connectivity index (χ4n) is 2.01. The van der Waals surface area contributed by atoms with E-state index in [0.717, 1.165) is 6.08 Å². The third-order valence-corrected chi connectivity index (χ3v) is 3.30. The van der Waals surface area contributed by atoms with Crippen molar-refractivity contribution < 1.29 is 41.2 Å². The van der Waals surface area contributed by atoms with Gasteiger partial charge in [0.1, 0.15) is 30.2 Å². The molecule has 1 heterocycles. The molecule has 0 amide bonds. The van der Waals surface area contributed by atoms with Crippen molar-refractivity contribution in [2.45, 2.75) is 30.7 Å². The van der Waals surface area contributed by atoms with Crippen LogP contribution in [0.1, 0.15) is 6.93 Å². The molecule has 0 aliphatic carbocycles. The van der Waals surface area contributed by atoms with E-state index < -0.39 is 43.3 Å². The van der Waals surface area contributed by atoms with Gasteiger partial charge in [0.25, 0.3) is 0 Å². The van der Waals surface area contributed by atoms with Gasteiger partial charge in [0.2, 0.25) is 6.29 Å². The SMILES string of the molecule is [2H]C(=CC(=O)O[C@@H]1O[C@H](CO)[C@@H](O)[C@H](O)[C@H]1O)c1ccc(O)cc1. The quantitative estimate of drug-likeness (QED) is 0.342. The maximum Gasteiger partial charge on any atom is 0.333 e. The number of aliphatic hydroxyl groups excluding tert-OH is 4. The van der Waals surface area contributed by atoms with Crippen LogP contribution >= 0.6 is 0 Å². The number of carbonyl (C=O) groups is 1. The Kier molecular flexibility index (Phi) is 5.21. The molecule has 8 heteroatoms. The van der Waals surface area contributed by atoms with Gasteiger partial charge in [-0.2, -0.15) is 0 Å². The topological polar surface area (TPSA) is 137 Å². The first-order chi connectivity index (χ1) is 11.3. The van der Waals surface area contributed by atoms with Crippen molar-refractivity contribution in [3.05, 3.63) is 35.9 Å². The molecule has 0 bridgehead atoms. The van der Waals surface area contributed by atoms with Crippen molar-refractivity contribution in [3.63, 3.8) is 0 Å². The van der Waals surface area contributed by atoms with Gasteiger partial charge in [-0.25, -0.2) is 4.79 Å². The smallest absolute Gasteiger partial charge is 0.333 e. The van der Waals surface area contributed by atoms with Crippen LogP contribution in [0.2, 0.25) is 0 Å². The van der Waals surface area contributed by atoms with Crippen molar-refractivity contribution in [1.29, 1.82) is 0 Å². The number of carbonyl (C=O) groups excluding carboxylic acids is 1. The van der Waals surface area contributed by atoms with E-state index in [1.165, 1.54) is 24.3 Å². The second kappa shape index (κ2) is 7.53. The van der Waals surface area contributed by atoms with Crippen molar-refractivity contribution in [2.75, 3.05) is 6.61 Å². The number of benzene rings is 1. The number of esters is 1. The predicted octanol–water partition coefficient (Wildman–Crippen LogP) is -1.25. The highest BCUT2D eigenvalue weighted by molar-refractivity contribution is 5.87. The normalized spacial score (nSPS) is 32.3. The van der Waals surface area contributed by atoms with E-state index in [1.54, 1.807) is 0 Å². The highest BCUT2D eigenvalue weighted by atomic mass is 16.7. The molecule has 5 N–H and O–H groups in total. The lowest BCUT2D eigenvalue weighted by Gasteiger charge is -2.38. The van der Waals surface area contributed by atoms with E-state index in [9.17, 15) is 25.2 Å². The maximum atomic E-state index is 11.8. The highest BCUT2D eigenvalue weighted by Crippen LogP contribution is 2.22. The number of hydrogen-bond acceptors (Lipinski definition) is 8. The van der Waals surface area contributed by atoms with Gasteiger partial charge in [0, 0.05) is 6.08 Å². The molecular weight excluding hydrogens is 308 g/mol. The van der Waals surface area contributed by atoms with Crippen LogP contribution in [-0.2, 0) is 14.3 Å². The Labute approximate surface area is 133 Å². The number of phenolic OH excluding ortho intramolecular Hbond substituents is 1. The molecule has 0 unspecified atom stereocenters. The standard InChI is InChI=1S/C15H18O8/c16-7-10-12(19)13(20)14(21)15(22-10)23-11(18)6-3-8-1-4-9(17)5-2-8/h1-6,10,12-17,19-21H,7H2/t10-,12-,13+,14-,15+/m1/s1/i3D. The first-order valence-electron chi connectivity index (χ1n) is 7.32. The first-order valence-corrected chi connectivity index (χ1v) is 6.82. The lowest BCUT2D eigenvalue weighted by molar-refractivity contribution is -0.291. The Morgan fingerprint density at radius 2 is 1.87 bits per heavy atom. The summed E-state index contributed by atoms with van der Waals surface area (Å²) < 4.78 is 17.6. The summed E-state index contributed by atoms with van der Waals surface area (Å²) in [5.74, 6) is -1.01. The van der Waals surface area contributed by atoms with Crippen LogP contribution in [0.25, 0.3) is 6.05 Å². The predicted molar refractivity (Wildman–Crippen MR) is 77.0 cm³/mol. The van der Waals surface area contributed by atoms with Gasteiger partial charge < -0.3 is 35.0 Å². The molecule has 126 valence electrons. The lowest BCUT2D eigenvalue weighted by atomic mass is 9.99. The van der Waals surface area contributed by atoms with Gasteiger partial charge in [-0.15, -0.1) is 0 Å². The molecule has 8 nitrogen and oxygen atoms in total. The second-order valence-electron chi connectivity index (χ2n) is 4.97. The molecule has 0 spiro atoms. The third-order valence-electron chi connectivity index (χ3n) is 3.30. The fraction of sp³-hybridized carbons (Fsp3) is 0.400. The fourth-order valence-corrected chi connectivity index (χ4v) is 2.01. The highest BCUT2D eigenvalue weighted by Gasteiger charge is 2.45. The largest absolute Gasteiger partial charge is 0.508 e. The van der Waals surface area contributed by atoms with Crippen LogP contribution in [0.4, 0.5) is 0 Å². The molecule has 5 atom stereocenters. The summed E-state index contributed by atoms with van der Waals surface area (Å²) in [5, 5.41) is 47.2. The van der Waals surface area contributed by atoms with E-state index in [4.69, 9.17) is 16.0 Å². The number of rotatable bonds is 4. The van der Waals surface area contributed by atoms with Gasteiger partial charge in [0.15, 0.2) is 0 Å². The van der Waals surface area contributed by atoms with Crippen LogP contribution in [0.5, 0.6) is 5.75 Å². The molecule has 1 saturated heterocycles. The Morgan fingerprint density at radius 3 is 2.48 bits per heavy atom. The molecule has 0 radical (unpaired) electrons. The van der Waals surface area contributed by atoms with Crippen LogP contribution in [0.15, 0.2) is 30.3 Å². The molecule has 0 aromatic heterocycles. The Hall–Kier alpha value is -1.97. The van der Waals surface area contributed by atoms with Crippen LogP contribution in [0, 0.1) is 0 Å². The van der Waals surface area contributed by atoms with Crippen molar-refractivity contribution in [2.24, 2.45) is 0 Å². The monoisotopic (exact) mass is 327 g/mol. The van der Waals surface area contributed by atoms with E-state index in [0.29, 0.717) is 5.56 Å². The van der Waals surface area contributed by atoms with Crippen LogP contribution in [-0.4, -0.2) is 68.8 Å². The summed E-state index contributed by atoms with van der Waals surface area (Å²) in [4.78, 5) is 11.8. The van der Waals surface area contributed by atoms with Gasteiger partial charge in [-0.1, -0.05) is 12.1 Å². The summed E-state index contributed by atoms with van der Waals surface area (Å²) in [5.41, 5.74) is 0.346. The molecule has 23 heavy (non-hydrogen) atoms. The number of phenols is 1.